The number of hydrogen-bond acceptors (Lipinski definition) is 6. The van der Waals surface area contributed by atoms with Crippen molar-refractivity contribution in [2.24, 2.45) is 0 Å². The smallest absolute Gasteiger partial charge is 0.249 e. The molecule has 242 valence electrons. The Hall–Kier alpha value is -4.05. The molecule has 0 aliphatic carbocycles. The summed E-state index contributed by atoms with van der Waals surface area (Å²) in [6.45, 7) is 1.76. The molecule has 2 heterocycles. The van der Waals surface area contributed by atoms with Crippen LogP contribution in [0.5, 0.6) is 0 Å². The molecule has 0 radical (unpaired) electrons. The van der Waals surface area contributed by atoms with Gasteiger partial charge in [-0.05, 0) is 59.2 Å². The van der Waals surface area contributed by atoms with Gasteiger partial charge in [0.25, 0.3) is 0 Å². The number of rotatable bonds is 15. The maximum absolute atomic E-state index is 14.4. The van der Waals surface area contributed by atoms with Crippen LogP contribution in [-0.4, -0.2) is 86.0 Å². The van der Waals surface area contributed by atoms with Crippen LogP contribution >= 0.6 is 11.3 Å². The van der Waals surface area contributed by atoms with Gasteiger partial charge in [-0.3, -0.25) is 14.4 Å². The highest BCUT2D eigenvalue weighted by molar-refractivity contribution is 7.09. The van der Waals surface area contributed by atoms with Gasteiger partial charge in [-0.15, -0.1) is 11.3 Å². The van der Waals surface area contributed by atoms with Gasteiger partial charge in [-0.1, -0.05) is 78.9 Å². The van der Waals surface area contributed by atoms with Gasteiger partial charge in [-0.2, -0.15) is 0 Å². The van der Waals surface area contributed by atoms with Crippen LogP contribution in [0.3, 0.4) is 0 Å². The standard InChI is InChI=1S/C37H44N4O4S/c1-40(35(42)26-45-25-31-14-8-19-38-31)34(23-28-16-17-29-12-6-7-13-30(29)22-28)37(44)41(2)33(24-32-15-9-21-46-32)36(43)39-20-18-27-10-4-3-5-11-27/h3-7,9-13,15-17,21-22,31,33-34,38H,8,14,18-20,23-26H2,1-2H3,(H,39,43)/t31-,33+,34+/m0/s1. The molecule has 0 unspecified atom stereocenters. The summed E-state index contributed by atoms with van der Waals surface area (Å²) in [7, 11) is 3.33. The van der Waals surface area contributed by atoms with Gasteiger partial charge in [-0.25, -0.2) is 0 Å². The fourth-order valence-electron chi connectivity index (χ4n) is 5.95. The number of ether oxygens (including phenoxy) is 1. The first-order valence-corrected chi connectivity index (χ1v) is 16.9. The lowest BCUT2D eigenvalue weighted by molar-refractivity contribution is -0.149. The van der Waals surface area contributed by atoms with Gasteiger partial charge in [0.1, 0.15) is 18.7 Å². The first-order valence-electron chi connectivity index (χ1n) is 16.0. The average Bonchev–Trinajstić information content (AvgIpc) is 3.80. The van der Waals surface area contributed by atoms with E-state index in [-0.39, 0.29) is 30.4 Å². The molecule has 4 aromatic rings. The van der Waals surface area contributed by atoms with Crippen molar-refractivity contribution in [3.63, 3.8) is 0 Å². The van der Waals surface area contributed by atoms with Crippen LogP contribution in [0.1, 0.15) is 28.8 Å². The van der Waals surface area contributed by atoms with E-state index in [1.807, 2.05) is 84.2 Å². The SMILES string of the molecule is CN(C(=O)COC[C@@H]1CCCN1)[C@H](Cc1ccc2ccccc2c1)C(=O)N(C)[C@H](Cc1cccs1)C(=O)NCCc1ccccc1. The fraction of sp³-hybridized carbons (Fsp3) is 0.378. The zero-order valence-electron chi connectivity index (χ0n) is 26.7. The highest BCUT2D eigenvalue weighted by atomic mass is 32.1. The summed E-state index contributed by atoms with van der Waals surface area (Å²) in [5.41, 5.74) is 2.06. The average molecular weight is 641 g/mol. The molecule has 3 amide bonds. The predicted molar refractivity (Wildman–Crippen MR) is 184 cm³/mol. The predicted octanol–water partition coefficient (Wildman–Crippen LogP) is 4.47. The molecule has 3 atom stereocenters. The van der Waals surface area contributed by atoms with E-state index in [2.05, 4.69) is 16.7 Å². The van der Waals surface area contributed by atoms with Crippen LogP contribution < -0.4 is 10.6 Å². The van der Waals surface area contributed by atoms with Crippen molar-refractivity contribution >= 4 is 39.8 Å². The van der Waals surface area contributed by atoms with Gasteiger partial charge in [0.2, 0.25) is 17.7 Å². The number of hydrogen-bond donors (Lipinski definition) is 2. The number of thiophene rings is 1. The molecule has 46 heavy (non-hydrogen) atoms. The molecular formula is C37H44N4O4S. The van der Waals surface area contributed by atoms with E-state index < -0.39 is 12.1 Å². The number of benzene rings is 3. The number of nitrogens with zero attached hydrogens (tertiary/aromatic N) is 2. The van der Waals surface area contributed by atoms with E-state index in [0.717, 1.165) is 46.2 Å². The quantitative estimate of drug-likeness (QED) is 0.200. The summed E-state index contributed by atoms with van der Waals surface area (Å²) in [5.74, 6) is -0.778. The van der Waals surface area contributed by atoms with Crippen LogP contribution in [0.15, 0.2) is 90.3 Å². The molecule has 0 bridgehead atoms. The van der Waals surface area contributed by atoms with Crippen molar-refractivity contribution in [2.75, 3.05) is 40.4 Å². The number of nitrogens with one attached hydrogen (secondary N) is 2. The molecule has 2 N–H and O–H groups in total. The normalized spacial score (nSPS) is 15.7. The molecule has 8 nitrogen and oxygen atoms in total. The Morgan fingerprint density at radius 1 is 0.891 bits per heavy atom. The zero-order chi connectivity index (χ0) is 32.3. The number of carbonyl (C=O) groups excluding carboxylic acids is 3. The van der Waals surface area contributed by atoms with Crippen molar-refractivity contribution in [1.82, 2.24) is 20.4 Å². The molecule has 1 aliphatic rings. The molecule has 1 fully saturated rings. The Bertz CT molecular complexity index is 1570. The molecule has 9 heteroatoms. The van der Waals surface area contributed by atoms with Crippen molar-refractivity contribution < 1.29 is 19.1 Å². The number of likely N-dealkylation sites (N-methyl/N-ethyl adjacent to an activating group) is 2. The second-order valence-corrected chi connectivity index (χ2v) is 13.0. The molecule has 0 saturated carbocycles. The van der Waals surface area contributed by atoms with E-state index in [1.165, 1.54) is 9.80 Å². The van der Waals surface area contributed by atoms with Crippen molar-refractivity contribution in [2.45, 2.75) is 50.2 Å². The molecule has 3 aromatic carbocycles. The van der Waals surface area contributed by atoms with E-state index in [4.69, 9.17) is 4.74 Å². The first kappa shape index (κ1) is 33.3. The first-order chi connectivity index (χ1) is 22.4. The van der Waals surface area contributed by atoms with Gasteiger partial charge >= 0.3 is 0 Å². The van der Waals surface area contributed by atoms with Crippen LogP contribution in [0, 0.1) is 0 Å². The maximum Gasteiger partial charge on any atom is 0.249 e. The minimum atomic E-state index is -0.824. The Morgan fingerprint density at radius 3 is 2.41 bits per heavy atom. The summed E-state index contributed by atoms with van der Waals surface area (Å²) in [4.78, 5) is 45.6. The lowest BCUT2D eigenvalue weighted by Crippen LogP contribution is -2.56. The van der Waals surface area contributed by atoms with Crippen molar-refractivity contribution in [3.8, 4) is 0 Å². The van der Waals surface area contributed by atoms with Crippen molar-refractivity contribution in [1.29, 1.82) is 0 Å². The Balaban J connectivity index is 1.34. The molecule has 1 saturated heterocycles. The van der Waals surface area contributed by atoms with E-state index in [1.54, 1.807) is 25.4 Å². The van der Waals surface area contributed by atoms with Crippen LogP contribution in [0.2, 0.25) is 0 Å². The molecule has 5 rings (SSSR count). The number of amides is 3. The third-order valence-corrected chi connectivity index (χ3v) is 9.64. The lowest BCUT2D eigenvalue weighted by atomic mass is 9.99. The van der Waals surface area contributed by atoms with Gasteiger partial charge in [0, 0.05) is 44.4 Å². The topological polar surface area (TPSA) is 91.0 Å². The number of carbonyl (C=O) groups is 3. The molecule has 1 aliphatic heterocycles. The summed E-state index contributed by atoms with van der Waals surface area (Å²) in [6.07, 6.45) is 3.50. The molecular weight excluding hydrogens is 596 g/mol. The fourth-order valence-corrected chi connectivity index (χ4v) is 6.69. The second kappa shape index (κ2) is 16.5. The Morgan fingerprint density at radius 2 is 1.67 bits per heavy atom. The van der Waals surface area contributed by atoms with Gasteiger partial charge < -0.3 is 25.2 Å². The second-order valence-electron chi connectivity index (χ2n) is 12.0. The third-order valence-electron chi connectivity index (χ3n) is 8.74. The van der Waals surface area contributed by atoms with Crippen molar-refractivity contribution in [3.05, 3.63) is 106 Å². The minimum absolute atomic E-state index is 0.113. The summed E-state index contributed by atoms with van der Waals surface area (Å²) in [6, 6.07) is 26.8. The Kier molecular flexibility index (Phi) is 11.9. The molecule has 0 spiro atoms. The third kappa shape index (κ3) is 9.02. The van der Waals surface area contributed by atoms with Gasteiger partial charge in [0.05, 0.1) is 6.61 Å². The summed E-state index contributed by atoms with van der Waals surface area (Å²) >= 11 is 1.56. The van der Waals surface area contributed by atoms with Crippen LogP contribution in [-0.2, 0) is 38.4 Å². The monoisotopic (exact) mass is 640 g/mol. The maximum atomic E-state index is 14.4. The largest absolute Gasteiger partial charge is 0.370 e. The highest BCUT2D eigenvalue weighted by Gasteiger charge is 2.35. The molecule has 1 aromatic heterocycles. The van der Waals surface area contributed by atoms with E-state index in [0.29, 0.717) is 32.4 Å². The van der Waals surface area contributed by atoms with Crippen LogP contribution in [0.25, 0.3) is 10.8 Å². The van der Waals surface area contributed by atoms with Gasteiger partial charge in [0.15, 0.2) is 0 Å². The Labute approximate surface area is 275 Å². The van der Waals surface area contributed by atoms with E-state index >= 15 is 0 Å². The summed E-state index contributed by atoms with van der Waals surface area (Å²) < 4.78 is 5.79. The highest BCUT2D eigenvalue weighted by Crippen LogP contribution is 2.21. The van der Waals surface area contributed by atoms with Crippen LogP contribution in [0.4, 0.5) is 0 Å². The van der Waals surface area contributed by atoms with E-state index in [9.17, 15) is 14.4 Å². The lowest BCUT2D eigenvalue weighted by Gasteiger charge is -2.34. The minimum Gasteiger partial charge on any atom is -0.370 e. The summed E-state index contributed by atoms with van der Waals surface area (Å²) in [5, 5.41) is 10.6. The zero-order valence-corrected chi connectivity index (χ0v) is 27.5. The number of fused-ring (bicyclic) bond motifs is 1.